The molecule has 19 heavy (non-hydrogen) atoms. The van der Waals surface area contributed by atoms with Gasteiger partial charge in [-0.25, -0.2) is 4.98 Å². The number of hydrogen-bond donors (Lipinski definition) is 2. The molecule has 7 nitrogen and oxygen atoms in total. The van der Waals surface area contributed by atoms with Gasteiger partial charge in [0.15, 0.2) is 5.13 Å². The van der Waals surface area contributed by atoms with Gasteiger partial charge in [-0.1, -0.05) is 0 Å². The van der Waals surface area contributed by atoms with Crippen LogP contribution in [-0.2, 0) is 24.2 Å². The van der Waals surface area contributed by atoms with Crippen molar-refractivity contribution in [3.63, 3.8) is 0 Å². The fourth-order valence-electron chi connectivity index (χ4n) is 2.24. The number of rotatable bonds is 3. The number of nitrogens with one attached hydrogen (secondary N) is 1. The smallest absolute Gasteiger partial charge is 0.243 e. The summed E-state index contributed by atoms with van der Waals surface area (Å²) in [6.07, 6.45) is 5.69. The summed E-state index contributed by atoms with van der Waals surface area (Å²) in [6.45, 7) is 0.154. The Morgan fingerprint density at radius 2 is 2.32 bits per heavy atom. The van der Waals surface area contributed by atoms with Crippen molar-refractivity contribution >= 4 is 22.4 Å². The molecular weight excluding hydrogens is 264 g/mol. The van der Waals surface area contributed by atoms with Crippen LogP contribution < -0.4 is 11.1 Å². The number of carbonyl (C=O) groups is 1. The molecule has 0 unspecified atom stereocenters. The average Bonchev–Trinajstić information content (AvgIpc) is 2.96. The zero-order chi connectivity index (χ0) is 13.2. The summed E-state index contributed by atoms with van der Waals surface area (Å²) in [5, 5.41) is 11.4. The summed E-state index contributed by atoms with van der Waals surface area (Å²) in [5.74, 6) is -0.0675. The van der Waals surface area contributed by atoms with Crippen molar-refractivity contribution in [1.29, 1.82) is 0 Å². The van der Waals surface area contributed by atoms with Crippen LogP contribution in [0.5, 0.6) is 0 Å². The van der Waals surface area contributed by atoms with E-state index in [1.807, 2.05) is 0 Å². The Labute approximate surface area is 113 Å². The molecule has 0 spiro atoms. The molecule has 1 aliphatic rings. The van der Waals surface area contributed by atoms with Crippen molar-refractivity contribution in [1.82, 2.24) is 25.3 Å². The molecule has 2 aromatic heterocycles. The van der Waals surface area contributed by atoms with Gasteiger partial charge < -0.3 is 11.1 Å². The number of thiazole rings is 1. The summed E-state index contributed by atoms with van der Waals surface area (Å²) < 4.78 is 0. The van der Waals surface area contributed by atoms with Crippen LogP contribution in [0.3, 0.4) is 0 Å². The van der Waals surface area contributed by atoms with Gasteiger partial charge in [-0.3, -0.25) is 4.79 Å². The maximum Gasteiger partial charge on any atom is 0.243 e. The van der Waals surface area contributed by atoms with Crippen LogP contribution in [0.15, 0.2) is 12.4 Å². The third-order valence-electron chi connectivity index (χ3n) is 3.07. The molecular formula is C11H14N6OS. The van der Waals surface area contributed by atoms with Crippen LogP contribution in [0.4, 0.5) is 5.13 Å². The molecule has 2 heterocycles. The Morgan fingerprint density at radius 3 is 3.11 bits per heavy atom. The minimum Gasteiger partial charge on any atom is -0.375 e. The molecule has 2 aromatic rings. The molecule has 0 saturated carbocycles. The van der Waals surface area contributed by atoms with E-state index < -0.39 is 0 Å². The Morgan fingerprint density at radius 1 is 1.53 bits per heavy atom. The highest BCUT2D eigenvalue weighted by Gasteiger charge is 2.23. The zero-order valence-electron chi connectivity index (χ0n) is 10.2. The van der Waals surface area contributed by atoms with Crippen LogP contribution in [0.25, 0.3) is 0 Å². The van der Waals surface area contributed by atoms with Gasteiger partial charge in [-0.05, 0) is 12.8 Å². The van der Waals surface area contributed by atoms with Gasteiger partial charge in [0.1, 0.15) is 6.54 Å². The van der Waals surface area contributed by atoms with Crippen LogP contribution in [0, 0.1) is 0 Å². The van der Waals surface area contributed by atoms with Crippen LogP contribution in [0.1, 0.15) is 17.0 Å². The third-order valence-corrected chi connectivity index (χ3v) is 4.02. The minimum absolute atomic E-state index is 0.0675. The van der Waals surface area contributed by atoms with Crippen molar-refractivity contribution in [2.75, 3.05) is 5.73 Å². The normalized spacial score (nSPS) is 18.0. The lowest BCUT2D eigenvalue weighted by Gasteiger charge is -2.22. The summed E-state index contributed by atoms with van der Waals surface area (Å²) in [6, 6.07) is 0.149. The fourth-order valence-corrected chi connectivity index (χ4v) is 3.20. The lowest BCUT2D eigenvalue weighted by molar-refractivity contribution is -0.122. The lowest BCUT2D eigenvalue weighted by atomic mass is 9.98. The molecule has 8 heteroatoms. The second-order valence-corrected chi connectivity index (χ2v) is 5.60. The van der Waals surface area contributed by atoms with Gasteiger partial charge in [0, 0.05) is 17.3 Å². The standard InChI is InChI=1S/C11H14N6OS/c12-11-16-8-2-1-7(5-9(8)19-11)15-10(18)6-17-13-3-4-14-17/h3-4,7H,1-2,5-6H2,(H2,12,16)(H,15,18)/t7-/m0/s1. The Kier molecular flexibility index (Phi) is 3.16. The van der Waals surface area contributed by atoms with E-state index in [2.05, 4.69) is 20.5 Å². The number of nitrogens with zero attached hydrogens (tertiary/aromatic N) is 4. The monoisotopic (exact) mass is 278 g/mol. The van der Waals surface area contributed by atoms with E-state index >= 15 is 0 Å². The van der Waals surface area contributed by atoms with Gasteiger partial charge in [0.05, 0.1) is 18.1 Å². The number of nitrogen functional groups attached to an aromatic ring is 1. The van der Waals surface area contributed by atoms with Crippen LogP contribution >= 0.6 is 11.3 Å². The third kappa shape index (κ3) is 2.73. The van der Waals surface area contributed by atoms with E-state index in [9.17, 15) is 4.79 Å². The van der Waals surface area contributed by atoms with Crippen LogP contribution in [-0.4, -0.2) is 31.9 Å². The van der Waals surface area contributed by atoms with Crippen molar-refractivity contribution in [3.05, 3.63) is 23.0 Å². The minimum atomic E-state index is -0.0675. The second kappa shape index (κ2) is 4.96. The number of aromatic nitrogens is 4. The molecule has 0 aliphatic heterocycles. The van der Waals surface area contributed by atoms with E-state index in [1.165, 1.54) is 21.0 Å². The maximum absolute atomic E-state index is 11.8. The largest absolute Gasteiger partial charge is 0.375 e. The number of fused-ring (bicyclic) bond motifs is 1. The highest BCUT2D eigenvalue weighted by Crippen LogP contribution is 2.28. The van der Waals surface area contributed by atoms with Gasteiger partial charge in [0.25, 0.3) is 0 Å². The zero-order valence-corrected chi connectivity index (χ0v) is 11.1. The van der Waals surface area contributed by atoms with Crippen molar-refractivity contribution in [2.45, 2.75) is 31.8 Å². The first-order chi connectivity index (χ1) is 9.20. The van der Waals surface area contributed by atoms with Gasteiger partial charge >= 0.3 is 0 Å². The Balaban J connectivity index is 1.58. The van der Waals surface area contributed by atoms with E-state index in [0.29, 0.717) is 5.13 Å². The lowest BCUT2D eigenvalue weighted by Crippen LogP contribution is -2.40. The highest BCUT2D eigenvalue weighted by atomic mass is 32.1. The molecule has 3 rings (SSSR count). The first-order valence-corrected chi connectivity index (χ1v) is 6.90. The molecule has 0 aromatic carbocycles. The topological polar surface area (TPSA) is 98.7 Å². The summed E-state index contributed by atoms with van der Waals surface area (Å²) in [5.41, 5.74) is 6.78. The summed E-state index contributed by atoms with van der Waals surface area (Å²) in [4.78, 5) is 18.7. The Hall–Kier alpha value is -1.96. The predicted octanol–water partition coefficient (Wildman–Crippen LogP) is -0.00950. The van der Waals surface area contributed by atoms with Crippen molar-refractivity contribution in [2.24, 2.45) is 0 Å². The number of hydrogen-bond acceptors (Lipinski definition) is 6. The Bertz CT molecular complexity index is 578. The summed E-state index contributed by atoms with van der Waals surface area (Å²) in [7, 11) is 0. The number of amides is 1. The average molecular weight is 278 g/mol. The molecule has 0 radical (unpaired) electrons. The number of anilines is 1. The molecule has 0 saturated heterocycles. The second-order valence-electron chi connectivity index (χ2n) is 4.49. The van der Waals surface area contributed by atoms with E-state index in [0.717, 1.165) is 25.0 Å². The molecule has 100 valence electrons. The molecule has 1 atom stereocenters. The van der Waals surface area contributed by atoms with E-state index in [-0.39, 0.29) is 18.5 Å². The molecule has 1 aliphatic carbocycles. The highest BCUT2D eigenvalue weighted by molar-refractivity contribution is 7.15. The first kappa shape index (κ1) is 12.1. The first-order valence-electron chi connectivity index (χ1n) is 6.08. The van der Waals surface area contributed by atoms with Crippen LogP contribution in [0.2, 0.25) is 0 Å². The predicted molar refractivity (Wildman–Crippen MR) is 70.5 cm³/mol. The SMILES string of the molecule is Nc1nc2c(s1)C[C@@H](NC(=O)Cn1nccn1)CC2. The molecule has 0 bridgehead atoms. The molecule has 0 fully saturated rings. The quantitative estimate of drug-likeness (QED) is 0.822. The van der Waals surface area contributed by atoms with E-state index in [1.54, 1.807) is 12.4 Å². The van der Waals surface area contributed by atoms with Gasteiger partial charge in [-0.2, -0.15) is 15.0 Å². The number of carbonyl (C=O) groups excluding carboxylic acids is 1. The number of aryl methyl sites for hydroxylation is 1. The van der Waals surface area contributed by atoms with Gasteiger partial charge in [-0.15, -0.1) is 11.3 Å². The number of nitrogens with two attached hydrogens (primary N) is 1. The van der Waals surface area contributed by atoms with Gasteiger partial charge in [0.2, 0.25) is 5.91 Å². The molecule has 3 N–H and O–H groups in total. The van der Waals surface area contributed by atoms with E-state index in [4.69, 9.17) is 5.73 Å². The summed E-state index contributed by atoms with van der Waals surface area (Å²) >= 11 is 1.51. The fraction of sp³-hybridized carbons (Fsp3) is 0.455. The van der Waals surface area contributed by atoms with Crippen molar-refractivity contribution < 1.29 is 4.79 Å². The molecule has 1 amide bonds. The maximum atomic E-state index is 11.8. The van der Waals surface area contributed by atoms with Crippen molar-refractivity contribution in [3.8, 4) is 0 Å².